The van der Waals surface area contributed by atoms with Crippen molar-refractivity contribution >= 4 is 0 Å². The maximum Gasteiger partial charge on any atom is 0.139 e. The number of halogens is 1. The van der Waals surface area contributed by atoms with Gasteiger partial charge in [-0.25, -0.2) is 4.39 Å². The number of ether oxygens (including phenoxy) is 1. The van der Waals surface area contributed by atoms with E-state index in [1.165, 1.54) is 5.56 Å². The van der Waals surface area contributed by atoms with Crippen LogP contribution < -0.4 is 10.1 Å². The quantitative estimate of drug-likeness (QED) is 0.886. The largest absolute Gasteiger partial charge is 0.490 e. The molecule has 2 rings (SSSR count). The Bertz CT molecular complexity index is 380. The Morgan fingerprint density at radius 1 is 1.28 bits per heavy atom. The summed E-state index contributed by atoms with van der Waals surface area (Å²) in [5.74, 6) is 1.38. The van der Waals surface area contributed by atoms with Crippen LogP contribution in [0.15, 0.2) is 24.3 Å². The molecule has 1 aromatic carbocycles. The first-order valence-corrected chi connectivity index (χ1v) is 6.67. The molecule has 18 heavy (non-hydrogen) atoms. The smallest absolute Gasteiger partial charge is 0.139 e. The van der Waals surface area contributed by atoms with Crippen LogP contribution in [0.5, 0.6) is 5.75 Å². The SMILES string of the molecule is CC(C)(F)COc1ccccc1C1CCNCC1. The van der Waals surface area contributed by atoms with Crippen LogP contribution in [0.2, 0.25) is 0 Å². The Morgan fingerprint density at radius 2 is 1.94 bits per heavy atom. The summed E-state index contributed by atoms with van der Waals surface area (Å²) in [6, 6.07) is 8.04. The molecule has 0 unspecified atom stereocenters. The lowest BCUT2D eigenvalue weighted by molar-refractivity contribution is 0.119. The minimum atomic E-state index is -1.29. The van der Waals surface area contributed by atoms with Gasteiger partial charge in [-0.05, 0) is 57.3 Å². The third-order valence-electron chi connectivity index (χ3n) is 3.27. The number of para-hydroxylation sites is 1. The van der Waals surface area contributed by atoms with Gasteiger partial charge >= 0.3 is 0 Å². The fraction of sp³-hybridized carbons (Fsp3) is 0.600. The van der Waals surface area contributed by atoms with Gasteiger partial charge in [0.05, 0.1) is 0 Å². The third-order valence-corrected chi connectivity index (χ3v) is 3.27. The molecule has 1 N–H and O–H groups in total. The van der Waals surface area contributed by atoms with Crippen molar-refractivity contribution in [3.8, 4) is 5.75 Å². The molecule has 1 aromatic rings. The van der Waals surface area contributed by atoms with E-state index in [0.29, 0.717) is 5.92 Å². The van der Waals surface area contributed by atoms with E-state index in [1.807, 2.05) is 18.2 Å². The Kier molecular flexibility index (Phi) is 4.23. The lowest BCUT2D eigenvalue weighted by Crippen LogP contribution is -2.27. The lowest BCUT2D eigenvalue weighted by Gasteiger charge is -2.25. The van der Waals surface area contributed by atoms with Crippen molar-refractivity contribution in [1.82, 2.24) is 5.32 Å². The van der Waals surface area contributed by atoms with Crippen LogP contribution in [0.1, 0.15) is 38.2 Å². The zero-order valence-corrected chi connectivity index (χ0v) is 11.2. The molecule has 1 aliphatic heterocycles. The molecule has 1 aliphatic rings. The second-order valence-electron chi connectivity index (χ2n) is 5.57. The number of rotatable bonds is 4. The molecule has 0 radical (unpaired) electrons. The predicted octanol–water partition coefficient (Wildman–Crippen LogP) is 3.28. The van der Waals surface area contributed by atoms with Crippen molar-refractivity contribution in [2.45, 2.75) is 38.3 Å². The molecule has 1 heterocycles. The molecule has 0 atom stereocenters. The summed E-state index contributed by atoms with van der Waals surface area (Å²) in [6.07, 6.45) is 2.25. The highest BCUT2D eigenvalue weighted by atomic mass is 19.1. The Morgan fingerprint density at radius 3 is 2.61 bits per heavy atom. The summed E-state index contributed by atoms with van der Waals surface area (Å²) in [5, 5.41) is 3.36. The van der Waals surface area contributed by atoms with Crippen LogP contribution in [0.3, 0.4) is 0 Å². The molecular weight excluding hydrogens is 229 g/mol. The molecule has 0 aliphatic carbocycles. The topological polar surface area (TPSA) is 21.3 Å². The number of benzene rings is 1. The van der Waals surface area contributed by atoms with Crippen LogP contribution >= 0.6 is 0 Å². The molecule has 0 aromatic heterocycles. The van der Waals surface area contributed by atoms with Crippen LogP contribution in [-0.2, 0) is 0 Å². The number of piperidine rings is 1. The predicted molar refractivity (Wildman–Crippen MR) is 72.0 cm³/mol. The monoisotopic (exact) mass is 251 g/mol. The molecule has 0 spiro atoms. The third kappa shape index (κ3) is 3.70. The van der Waals surface area contributed by atoms with Gasteiger partial charge in [-0.1, -0.05) is 18.2 Å². The fourth-order valence-electron chi connectivity index (χ4n) is 2.33. The molecule has 0 amide bonds. The summed E-state index contributed by atoms with van der Waals surface area (Å²) in [6.45, 7) is 5.29. The van der Waals surface area contributed by atoms with Crippen LogP contribution in [0.25, 0.3) is 0 Å². The van der Waals surface area contributed by atoms with E-state index in [4.69, 9.17) is 4.74 Å². The first kappa shape index (κ1) is 13.3. The first-order valence-electron chi connectivity index (χ1n) is 6.67. The maximum absolute atomic E-state index is 13.5. The first-order chi connectivity index (χ1) is 8.56. The highest BCUT2D eigenvalue weighted by molar-refractivity contribution is 5.36. The molecule has 0 saturated carbocycles. The summed E-state index contributed by atoms with van der Waals surface area (Å²) >= 11 is 0. The molecule has 100 valence electrons. The van der Waals surface area contributed by atoms with Gasteiger partial charge in [-0.3, -0.25) is 0 Å². The molecule has 1 fully saturated rings. The Labute approximate surface area is 109 Å². The van der Waals surface area contributed by atoms with Gasteiger partial charge in [0.15, 0.2) is 0 Å². The average molecular weight is 251 g/mol. The van der Waals surface area contributed by atoms with E-state index < -0.39 is 5.67 Å². The van der Waals surface area contributed by atoms with E-state index >= 15 is 0 Å². The van der Waals surface area contributed by atoms with E-state index in [2.05, 4.69) is 11.4 Å². The average Bonchev–Trinajstić information content (AvgIpc) is 2.37. The number of alkyl halides is 1. The summed E-state index contributed by atoms with van der Waals surface area (Å²) in [4.78, 5) is 0. The van der Waals surface area contributed by atoms with Gasteiger partial charge < -0.3 is 10.1 Å². The fourth-order valence-corrected chi connectivity index (χ4v) is 2.33. The number of nitrogens with one attached hydrogen (secondary N) is 1. The molecule has 0 bridgehead atoms. The Balaban J connectivity index is 2.09. The second kappa shape index (κ2) is 5.70. The number of hydrogen-bond acceptors (Lipinski definition) is 2. The van der Waals surface area contributed by atoms with Gasteiger partial charge in [0.1, 0.15) is 18.0 Å². The summed E-state index contributed by atoms with van der Waals surface area (Å²) in [5.41, 5.74) is -0.0652. The Hall–Kier alpha value is -1.09. The zero-order valence-electron chi connectivity index (χ0n) is 11.2. The minimum Gasteiger partial charge on any atom is -0.490 e. The highest BCUT2D eigenvalue weighted by Gasteiger charge is 2.21. The summed E-state index contributed by atoms with van der Waals surface area (Å²) < 4.78 is 19.2. The highest BCUT2D eigenvalue weighted by Crippen LogP contribution is 2.32. The van der Waals surface area contributed by atoms with Crippen LogP contribution in [0, 0.1) is 0 Å². The normalized spacial score (nSPS) is 17.7. The van der Waals surface area contributed by atoms with Crippen molar-refractivity contribution in [1.29, 1.82) is 0 Å². The van der Waals surface area contributed by atoms with Crippen molar-refractivity contribution < 1.29 is 9.13 Å². The van der Waals surface area contributed by atoms with Gasteiger partial charge in [0, 0.05) is 0 Å². The lowest BCUT2D eigenvalue weighted by atomic mass is 9.89. The van der Waals surface area contributed by atoms with Crippen molar-refractivity contribution in [3.05, 3.63) is 29.8 Å². The van der Waals surface area contributed by atoms with Gasteiger partial charge in [0.25, 0.3) is 0 Å². The second-order valence-corrected chi connectivity index (χ2v) is 5.57. The number of hydrogen-bond donors (Lipinski definition) is 1. The standard InChI is InChI=1S/C15H22FNO/c1-15(2,16)11-18-14-6-4-3-5-13(14)12-7-9-17-10-8-12/h3-6,12,17H,7-11H2,1-2H3. The van der Waals surface area contributed by atoms with Crippen LogP contribution in [-0.4, -0.2) is 25.4 Å². The minimum absolute atomic E-state index is 0.106. The summed E-state index contributed by atoms with van der Waals surface area (Å²) in [7, 11) is 0. The van der Waals surface area contributed by atoms with E-state index in [-0.39, 0.29) is 6.61 Å². The van der Waals surface area contributed by atoms with Crippen molar-refractivity contribution in [2.75, 3.05) is 19.7 Å². The van der Waals surface area contributed by atoms with Gasteiger partial charge in [0.2, 0.25) is 0 Å². The van der Waals surface area contributed by atoms with E-state index in [9.17, 15) is 4.39 Å². The maximum atomic E-state index is 13.5. The molecule has 1 saturated heterocycles. The molecule has 2 nitrogen and oxygen atoms in total. The van der Waals surface area contributed by atoms with Gasteiger partial charge in [-0.15, -0.1) is 0 Å². The van der Waals surface area contributed by atoms with Crippen molar-refractivity contribution in [3.63, 3.8) is 0 Å². The molecular formula is C15H22FNO. The van der Waals surface area contributed by atoms with Gasteiger partial charge in [-0.2, -0.15) is 0 Å². The molecule has 3 heteroatoms. The van der Waals surface area contributed by atoms with E-state index in [0.717, 1.165) is 31.7 Å². The zero-order chi connectivity index (χ0) is 13.0. The van der Waals surface area contributed by atoms with Crippen molar-refractivity contribution in [2.24, 2.45) is 0 Å². The van der Waals surface area contributed by atoms with E-state index in [1.54, 1.807) is 13.8 Å². The van der Waals surface area contributed by atoms with Crippen LogP contribution in [0.4, 0.5) is 4.39 Å².